The molecule has 0 aromatic carbocycles. The first-order chi connectivity index (χ1) is 10.7. The lowest BCUT2D eigenvalue weighted by Crippen LogP contribution is -2.29. The highest BCUT2D eigenvalue weighted by molar-refractivity contribution is 5.48. The second-order valence-electron chi connectivity index (χ2n) is 7.06. The van der Waals surface area contributed by atoms with Crippen LogP contribution < -0.4 is 5.32 Å². The Morgan fingerprint density at radius 2 is 1.86 bits per heavy atom. The lowest BCUT2D eigenvalue weighted by atomic mass is 9.82. The fourth-order valence-corrected chi connectivity index (χ4v) is 4.09. The summed E-state index contributed by atoms with van der Waals surface area (Å²) in [5.41, 5.74) is 3.05. The van der Waals surface area contributed by atoms with E-state index in [1.165, 1.54) is 49.8 Å². The minimum atomic E-state index is 0.399. The third-order valence-electron chi connectivity index (χ3n) is 5.43. The van der Waals surface area contributed by atoms with Gasteiger partial charge in [0.25, 0.3) is 0 Å². The number of nitrogens with zero attached hydrogens (tertiary/aromatic N) is 2. The summed E-state index contributed by atoms with van der Waals surface area (Å²) in [5, 5.41) is 3.70. The summed E-state index contributed by atoms with van der Waals surface area (Å²) in [4.78, 5) is 9.36. The molecular formula is C18H29N3O. The van der Waals surface area contributed by atoms with Crippen LogP contribution in [0.1, 0.15) is 62.0 Å². The second kappa shape index (κ2) is 6.95. The summed E-state index contributed by atoms with van der Waals surface area (Å²) in [6, 6.07) is 0. The number of nitrogens with one attached hydrogen (secondary N) is 1. The van der Waals surface area contributed by atoms with Crippen LogP contribution >= 0.6 is 0 Å². The minimum absolute atomic E-state index is 0.399. The molecule has 0 unspecified atom stereocenters. The van der Waals surface area contributed by atoms with Gasteiger partial charge in [0.05, 0.1) is 0 Å². The number of hydrogen-bond donors (Lipinski definition) is 1. The third-order valence-corrected chi connectivity index (χ3v) is 5.43. The molecule has 1 N–H and O–H groups in total. The lowest BCUT2D eigenvalue weighted by molar-refractivity contribution is 0.143. The molecule has 22 heavy (non-hydrogen) atoms. The molecule has 3 rings (SSSR count). The van der Waals surface area contributed by atoms with Gasteiger partial charge in [-0.25, -0.2) is 9.97 Å². The first kappa shape index (κ1) is 15.7. The van der Waals surface area contributed by atoms with Gasteiger partial charge in [0, 0.05) is 31.5 Å². The molecule has 1 heterocycles. The van der Waals surface area contributed by atoms with Crippen LogP contribution in [0.3, 0.4) is 0 Å². The Balaban J connectivity index is 1.73. The Hall–Kier alpha value is -1.16. The van der Waals surface area contributed by atoms with Crippen LogP contribution in [-0.4, -0.2) is 30.2 Å². The van der Waals surface area contributed by atoms with Crippen molar-refractivity contribution in [2.75, 3.05) is 25.6 Å². The van der Waals surface area contributed by atoms with Crippen LogP contribution in [-0.2, 0) is 17.6 Å². The molecular weight excluding hydrogens is 274 g/mol. The van der Waals surface area contributed by atoms with Crippen molar-refractivity contribution >= 4 is 5.82 Å². The van der Waals surface area contributed by atoms with E-state index >= 15 is 0 Å². The summed E-state index contributed by atoms with van der Waals surface area (Å²) >= 11 is 0. The molecule has 1 fully saturated rings. The SMILES string of the molecule is COCCC1(CNc2nc(C)nc3c2CCCC3)CCCC1. The van der Waals surface area contributed by atoms with Gasteiger partial charge in [-0.1, -0.05) is 12.8 Å². The Kier molecular flexibility index (Phi) is 4.97. The van der Waals surface area contributed by atoms with Gasteiger partial charge in [-0.15, -0.1) is 0 Å². The van der Waals surface area contributed by atoms with E-state index in [-0.39, 0.29) is 0 Å². The molecule has 1 aromatic rings. The van der Waals surface area contributed by atoms with E-state index in [2.05, 4.69) is 10.3 Å². The van der Waals surface area contributed by atoms with Crippen molar-refractivity contribution in [2.24, 2.45) is 5.41 Å². The van der Waals surface area contributed by atoms with Crippen molar-refractivity contribution in [2.45, 2.75) is 64.7 Å². The molecule has 122 valence electrons. The van der Waals surface area contributed by atoms with Crippen molar-refractivity contribution in [1.82, 2.24) is 9.97 Å². The molecule has 0 amide bonds. The first-order valence-corrected chi connectivity index (χ1v) is 8.82. The van der Waals surface area contributed by atoms with Gasteiger partial charge in [-0.2, -0.15) is 0 Å². The van der Waals surface area contributed by atoms with Gasteiger partial charge >= 0.3 is 0 Å². The highest BCUT2D eigenvalue weighted by atomic mass is 16.5. The van der Waals surface area contributed by atoms with Gasteiger partial charge in [0.15, 0.2) is 0 Å². The highest BCUT2D eigenvalue weighted by Gasteiger charge is 2.33. The van der Waals surface area contributed by atoms with Crippen molar-refractivity contribution in [3.63, 3.8) is 0 Å². The lowest BCUT2D eigenvalue weighted by Gasteiger charge is -2.30. The maximum Gasteiger partial charge on any atom is 0.133 e. The molecule has 4 heteroatoms. The number of anilines is 1. The molecule has 2 aliphatic rings. The maximum atomic E-state index is 5.34. The fourth-order valence-electron chi connectivity index (χ4n) is 4.09. The van der Waals surface area contributed by atoms with E-state index in [1.54, 1.807) is 7.11 Å². The van der Waals surface area contributed by atoms with Gasteiger partial charge < -0.3 is 10.1 Å². The molecule has 0 saturated heterocycles. The zero-order chi connectivity index (χ0) is 15.4. The van der Waals surface area contributed by atoms with E-state index in [9.17, 15) is 0 Å². The highest BCUT2D eigenvalue weighted by Crippen LogP contribution is 2.41. The van der Waals surface area contributed by atoms with Crippen molar-refractivity contribution in [3.8, 4) is 0 Å². The number of hydrogen-bond acceptors (Lipinski definition) is 4. The fraction of sp³-hybridized carbons (Fsp3) is 0.778. The van der Waals surface area contributed by atoms with E-state index < -0.39 is 0 Å². The summed E-state index contributed by atoms with van der Waals surface area (Å²) in [6.45, 7) is 3.90. The van der Waals surface area contributed by atoms with Crippen molar-refractivity contribution in [3.05, 3.63) is 17.1 Å². The summed E-state index contributed by atoms with van der Waals surface area (Å²) < 4.78 is 5.34. The van der Waals surface area contributed by atoms with Crippen LogP contribution in [0, 0.1) is 12.3 Å². The maximum absolute atomic E-state index is 5.34. The zero-order valence-electron chi connectivity index (χ0n) is 14.1. The summed E-state index contributed by atoms with van der Waals surface area (Å²) in [6.07, 6.45) is 11.3. The van der Waals surface area contributed by atoms with Gasteiger partial charge in [0.1, 0.15) is 11.6 Å². The predicted molar refractivity (Wildman–Crippen MR) is 89.3 cm³/mol. The predicted octanol–water partition coefficient (Wildman–Crippen LogP) is 3.67. The number of rotatable bonds is 6. The monoisotopic (exact) mass is 303 g/mol. The normalized spacial score (nSPS) is 19.9. The Bertz CT molecular complexity index is 509. The van der Waals surface area contributed by atoms with Crippen LogP contribution in [0.2, 0.25) is 0 Å². The standard InChI is InChI=1S/C18H29N3O/c1-14-20-16-8-4-3-7-15(16)17(21-14)19-13-18(11-12-22-2)9-5-6-10-18/h3-13H2,1-2H3,(H,19,20,21). The minimum Gasteiger partial charge on any atom is -0.385 e. The van der Waals surface area contributed by atoms with Crippen LogP contribution in [0.4, 0.5) is 5.82 Å². The Labute approximate surface area is 134 Å². The number of aryl methyl sites for hydroxylation is 2. The molecule has 0 aliphatic heterocycles. The van der Waals surface area contributed by atoms with Crippen molar-refractivity contribution < 1.29 is 4.74 Å². The Morgan fingerprint density at radius 3 is 2.64 bits per heavy atom. The molecule has 0 atom stereocenters. The van der Waals surface area contributed by atoms with Crippen LogP contribution in [0.15, 0.2) is 0 Å². The average molecular weight is 303 g/mol. The first-order valence-electron chi connectivity index (χ1n) is 8.82. The number of ether oxygens (including phenoxy) is 1. The number of methoxy groups -OCH3 is 1. The molecule has 2 aliphatic carbocycles. The van der Waals surface area contributed by atoms with Crippen molar-refractivity contribution in [1.29, 1.82) is 0 Å². The Morgan fingerprint density at radius 1 is 1.09 bits per heavy atom. The van der Waals surface area contributed by atoms with E-state index in [0.29, 0.717) is 5.41 Å². The van der Waals surface area contributed by atoms with E-state index in [1.807, 2.05) is 6.92 Å². The van der Waals surface area contributed by atoms with Gasteiger partial charge in [-0.3, -0.25) is 0 Å². The number of aromatic nitrogens is 2. The topological polar surface area (TPSA) is 47.0 Å². The van der Waals surface area contributed by atoms with Crippen LogP contribution in [0.5, 0.6) is 0 Å². The van der Waals surface area contributed by atoms with E-state index in [0.717, 1.165) is 44.1 Å². The quantitative estimate of drug-likeness (QED) is 0.871. The molecule has 1 aromatic heterocycles. The zero-order valence-corrected chi connectivity index (χ0v) is 14.1. The molecule has 0 bridgehead atoms. The molecule has 1 saturated carbocycles. The molecule has 4 nitrogen and oxygen atoms in total. The van der Waals surface area contributed by atoms with Gasteiger partial charge in [-0.05, 0) is 57.3 Å². The average Bonchev–Trinajstić information content (AvgIpc) is 3.00. The molecule has 0 spiro atoms. The van der Waals surface area contributed by atoms with Gasteiger partial charge in [0.2, 0.25) is 0 Å². The third kappa shape index (κ3) is 3.43. The smallest absolute Gasteiger partial charge is 0.133 e. The summed E-state index contributed by atoms with van der Waals surface area (Å²) in [7, 11) is 1.81. The summed E-state index contributed by atoms with van der Waals surface area (Å²) in [5.74, 6) is 2.01. The largest absolute Gasteiger partial charge is 0.385 e. The number of fused-ring (bicyclic) bond motifs is 1. The molecule has 0 radical (unpaired) electrons. The van der Waals surface area contributed by atoms with Crippen LogP contribution in [0.25, 0.3) is 0 Å². The second-order valence-corrected chi connectivity index (χ2v) is 7.06. The van der Waals surface area contributed by atoms with E-state index in [4.69, 9.17) is 9.72 Å².